The number of nitrogens with one attached hydrogen (secondary N) is 3. The van der Waals surface area contributed by atoms with Gasteiger partial charge in [-0.1, -0.05) is 20.8 Å². The molecule has 5 N–H and O–H groups in total. The van der Waals surface area contributed by atoms with E-state index in [1.54, 1.807) is 30.1 Å². The molecule has 0 bridgehead atoms. The largest absolute Gasteiger partial charge is 0.494 e. The molecular formula is C31H42BrN5O6. The van der Waals surface area contributed by atoms with Crippen molar-refractivity contribution < 1.29 is 28.7 Å². The first-order chi connectivity index (χ1) is 19.7. The number of nitrogens with zero attached hydrogens (tertiary/aromatic N) is 1. The third-order valence-corrected chi connectivity index (χ3v) is 6.83. The Bertz CT molecular complexity index is 1400. The number of benzene rings is 2. The maximum atomic E-state index is 13.7. The Morgan fingerprint density at radius 1 is 1.09 bits per heavy atom. The van der Waals surface area contributed by atoms with E-state index in [-0.39, 0.29) is 66.4 Å². The molecule has 2 aromatic rings. The second kappa shape index (κ2) is 15.0. The fraction of sp³-hybridized carbons (Fsp3) is 0.452. The maximum Gasteiger partial charge on any atom is 0.224 e. The Morgan fingerprint density at radius 3 is 2.37 bits per heavy atom. The molecule has 2 aromatic carbocycles. The summed E-state index contributed by atoms with van der Waals surface area (Å²) in [6.45, 7) is 10.1. The van der Waals surface area contributed by atoms with Crippen molar-refractivity contribution in [3.63, 3.8) is 0 Å². The van der Waals surface area contributed by atoms with Gasteiger partial charge in [0, 0.05) is 49.2 Å². The van der Waals surface area contributed by atoms with Gasteiger partial charge in [-0.2, -0.15) is 0 Å². The molecule has 0 saturated carbocycles. The van der Waals surface area contributed by atoms with Gasteiger partial charge in [-0.25, -0.2) is 0 Å². The van der Waals surface area contributed by atoms with Gasteiger partial charge in [-0.3, -0.25) is 24.6 Å². The third-order valence-electron chi connectivity index (χ3n) is 6.83. The zero-order valence-electron chi connectivity index (χ0n) is 25.6. The number of ether oxygens (including phenoxy) is 2. The summed E-state index contributed by atoms with van der Waals surface area (Å²) in [4.78, 5) is 50.6. The number of fused-ring (bicyclic) bond motifs is 1. The summed E-state index contributed by atoms with van der Waals surface area (Å²) < 4.78 is 11.8. The van der Waals surface area contributed by atoms with Crippen LogP contribution >= 0.6 is 17.0 Å². The van der Waals surface area contributed by atoms with Crippen LogP contribution in [0.2, 0.25) is 0 Å². The van der Waals surface area contributed by atoms with Gasteiger partial charge in [0.15, 0.2) is 5.78 Å². The van der Waals surface area contributed by atoms with Crippen molar-refractivity contribution in [1.29, 1.82) is 5.41 Å². The molecule has 0 atom stereocenters. The van der Waals surface area contributed by atoms with Crippen LogP contribution in [0.5, 0.6) is 11.5 Å². The summed E-state index contributed by atoms with van der Waals surface area (Å²) in [6.07, 6.45) is 0.691. The molecule has 11 nitrogen and oxygen atoms in total. The number of Topliss-reactive ketones (excluding diaryl/α,β-unsaturated/α-hetero) is 1. The molecular weight excluding hydrogens is 618 g/mol. The molecule has 12 heteroatoms. The van der Waals surface area contributed by atoms with Gasteiger partial charge in [0.05, 0.1) is 31.9 Å². The first kappa shape index (κ1) is 35.3. The normalized spacial score (nSPS) is 12.2. The quantitative estimate of drug-likeness (QED) is 0.187. The van der Waals surface area contributed by atoms with Crippen LogP contribution in [-0.2, 0) is 32.8 Å². The summed E-state index contributed by atoms with van der Waals surface area (Å²) in [5.74, 6) is 0.0548. The second-order valence-corrected chi connectivity index (χ2v) is 11.3. The van der Waals surface area contributed by atoms with Crippen LogP contribution in [0.15, 0.2) is 24.3 Å². The van der Waals surface area contributed by atoms with E-state index in [9.17, 15) is 19.2 Å². The van der Waals surface area contributed by atoms with E-state index in [0.29, 0.717) is 53.4 Å². The van der Waals surface area contributed by atoms with Gasteiger partial charge in [-0.05, 0) is 48.6 Å². The minimum Gasteiger partial charge on any atom is -0.494 e. The summed E-state index contributed by atoms with van der Waals surface area (Å²) in [6, 6.07) is 6.98. The van der Waals surface area contributed by atoms with E-state index in [1.807, 2.05) is 33.8 Å². The van der Waals surface area contributed by atoms with Gasteiger partial charge in [-0.15, -0.1) is 17.0 Å². The van der Waals surface area contributed by atoms with Gasteiger partial charge in [0.25, 0.3) is 0 Å². The number of amides is 3. The van der Waals surface area contributed by atoms with E-state index < -0.39 is 11.3 Å². The number of likely N-dealkylation sites (N-methyl/N-ethyl adjacent to an activating group) is 1. The molecule has 0 spiro atoms. The number of hydrogen-bond donors (Lipinski definition) is 4. The molecule has 1 aliphatic rings. The van der Waals surface area contributed by atoms with Crippen molar-refractivity contribution in [3.8, 4) is 11.5 Å². The van der Waals surface area contributed by atoms with Gasteiger partial charge < -0.3 is 30.7 Å². The third kappa shape index (κ3) is 9.03. The summed E-state index contributed by atoms with van der Waals surface area (Å²) in [5, 5.41) is 14.2. The van der Waals surface area contributed by atoms with E-state index >= 15 is 0 Å². The summed E-state index contributed by atoms with van der Waals surface area (Å²) in [7, 11) is 1.57. The number of amidine groups is 1. The lowest BCUT2D eigenvalue weighted by Crippen LogP contribution is -2.30. The van der Waals surface area contributed by atoms with Gasteiger partial charge >= 0.3 is 0 Å². The number of hydrogen-bond acceptors (Lipinski definition) is 7. The van der Waals surface area contributed by atoms with Crippen LogP contribution in [0.3, 0.4) is 0 Å². The predicted molar refractivity (Wildman–Crippen MR) is 171 cm³/mol. The number of carbonyl (C=O) groups excluding carboxylic acids is 4. The number of primary amides is 1. The van der Waals surface area contributed by atoms with Crippen molar-refractivity contribution in [2.24, 2.45) is 5.73 Å². The standard InChI is InChI=1S/C31H41N5O6.BrH/c1-7-41-26-14-21-16-36(30(33)22(21)11-20(26)15-28(40)34-6)17-25(38)19-12-23(31(3,4)5)29(24(13-19)35-18(2)37)42-10-8-9-27(32)39;/h11-14,33H,7-10,15-17H2,1-6H3,(H2,32,39)(H,34,40)(H,35,37);1H. The smallest absolute Gasteiger partial charge is 0.224 e. The molecule has 234 valence electrons. The Kier molecular flexibility index (Phi) is 12.3. The highest BCUT2D eigenvalue weighted by Gasteiger charge is 2.30. The monoisotopic (exact) mass is 659 g/mol. The fourth-order valence-electron chi connectivity index (χ4n) is 4.77. The van der Waals surface area contributed by atoms with Crippen LogP contribution in [0, 0.1) is 5.41 Å². The average molecular weight is 661 g/mol. The topological polar surface area (TPSA) is 164 Å². The Labute approximate surface area is 263 Å². The molecule has 3 rings (SSSR count). The Balaban J connectivity index is 0.00000645. The van der Waals surface area contributed by atoms with Gasteiger partial charge in [0.1, 0.15) is 17.3 Å². The maximum absolute atomic E-state index is 13.7. The van der Waals surface area contributed by atoms with E-state index in [2.05, 4.69) is 10.6 Å². The number of anilines is 1. The lowest BCUT2D eigenvalue weighted by molar-refractivity contribution is -0.120. The molecule has 0 aliphatic carbocycles. The lowest BCUT2D eigenvalue weighted by Gasteiger charge is -2.26. The van der Waals surface area contributed by atoms with Crippen LogP contribution < -0.4 is 25.8 Å². The fourth-order valence-corrected chi connectivity index (χ4v) is 4.77. The van der Waals surface area contributed by atoms with Crippen molar-refractivity contribution in [3.05, 3.63) is 52.1 Å². The number of rotatable bonds is 13. The highest BCUT2D eigenvalue weighted by molar-refractivity contribution is 8.93. The van der Waals surface area contributed by atoms with Crippen LogP contribution in [0.25, 0.3) is 0 Å². The first-order valence-corrected chi connectivity index (χ1v) is 14.0. The molecule has 43 heavy (non-hydrogen) atoms. The van der Waals surface area contributed by atoms with E-state index in [4.69, 9.17) is 20.6 Å². The molecule has 0 unspecified atom stereocenters. The first-order valence-electron chi connectivity index (χ1n) is 14.0. The lowest BCUT2D eigenvalue weighted by atomic mass is 9.84. The molecule has 1 heterocycles. The van der Waals surface area contributed by atoms with E-state index in [0.717, 1.165) is 11.1 Å². The SMILES string of the molecule is Br.CCOc1cc2c(cc1CC(=O)NC)C(=N)N(CC(=O)c1cc(NC(C)=O)c(OCCCC(N)=O)c(C(C)(C)C)c1)C2. The number of carbonyl (C=O) groups is 4. The minimum absolute atomic E-state index is 0. The second-order valence-electron chi connectivity index (χ2n) is 11.3. The minimum atomic E-state index is -0.448. The van der Waals surface area contributed by atoms with E-state index in [1.165, 1.54) is 6.92 Å². The number of halogens is 1. The number of nitrogens with two attached hydrogens (primary N) is 1. The van der Waals surface area contributed by atoms with Crippen molar-refractivity contribution in [1.82, 2.24) is 10.2 Å². The van der Waals surface area contributed by atoms with Crippen LogP contribution in [0.1, 0.15) is 80.1 Å². The molecule has 1 aliphatic heterocycles. The number of ketones is 1. The molecule has 0 saturated heterocycles. The van der Waals surface area contributed by atoms with Crippen molar-refractivity contribution in [2.45, 2.75) is 65.8 Å². The zero-order chi connectivity index (χ0) is 31.2. The molecule has 0 fully saturated rings. The Hall–Kier alpha value is -3.93. The van der Waals surface area contributed by atoms with Crippen molar-refractivity contribution >= 4 is 52.0 Å². The van der Waals surface area contributed by atoms with Crippen LogP contribution in [-0.4, -0.2) is 61.0 Å². The highest BCUT2D eigenvalue weighted by Crippen LogP contribution is 2.39. The highest BCUT2D eigenvalue weighted by atomic mass is 79.9. The average Bonchev–Trinajstić information content (AvgIpc) is 3.19. The van der Waals surface area contributed by atoms with Crippen molar-refractivity contribution in [2.75, 3.05) is 32.1 Å². The Morgan fingerprint density at radius 2 is 1.79 bits per heavy atom. The summed E-state index contributed by atoms with van der Waals surface area (Å²) in [5.41, 5.74) is 8.41. The van der Waals surface area contributed by atoms with Gasteiger partial charge in [0.2, 0.25) is 17.7 Å². The molecule has 0 aromatic heterocycles. The molecule has 0 radical (unpaired) electrons. The predicted octanol–water partition coefficient (Wildman–Crippen LogP) is 3.88. The zero-order valence-corrected chi connectivity index (χ0v) is 27.4. The summed E-state index contributed by atoms with van der Waals surface area (Å²) >= 11 is 0. The molecule has 3 amide bonds. The van der Waals surface area contributed by atoms with Crippen LogP contribution in [0.4, 0.5) is 5.69 Å².